The standard InChI is InChI=1S/C24H25N5O3/c1-13-9-14(2)29(4)24(32)22(13)23(31)28-19(20-11-21(30)27-15(3)26-20)10-16-12-25-18-8-6-5-7-17(16)18/h5-9,11-12,19,25H,10H2,1-4H3,(H,28,31)(H,26,27,30). The molecule has 0 saturated carbocycles. The fourth-order valence-corrected chi connectivity index (χ4v) is 4.02. The number of hydrogen-bond donors (Lipinski definition) is 3. The van der Waals surface area contributed by atoms with E-state index in [1.54, 1.807) is 27.0 Å². The van der Waals surface area contributed by atoms with Crippen LogP contribution in [0.3, 0.4) is 0 Å². The molecule has 3 N–H and O–H groups in total. The smallest absolute Gasteiger partial charge is 0.263 e. The van der Waals surface area contributed by atoms with E-state index in [0.29, 0.717) is 23.5 Å². The van der Waals surface area contributed by atoms with Crippen molar-refractivity contribution in [3.8, 4) is 0 Å². The van der Waals surface area contributed by atoms with Gasteiger partial charge in [-0.3, -0.25) is 14.4 Å². The minimum absolute atomic E-state index is 0.0867. The maximum Gasteiger partial charge on any atom is 0.263 e. The fourth-order valence-electron chi connectivity index (χ4n) is 4.02. The Bertz CT molecular complexity index is 1440. The van der Waals surface area contributed by atoms with Gasteiger partial charge in [0.15, 0.2) is 0 Å². The van der Waals surface area contributed by atoms with Crippen LogP contribution in [0.5, 0.6) is 0 Å². The summed E-state index contributed by atoms with van der Waals surface area (Å²) in [5.74, 6) is -0.0409. The molecule has 1 amide bonds. The van der Waals surface area contributed by atoms with E-state index in [-0.39, 0.29) is 16.7 Å². The van der Waals surface area contributed by atoms with Crippen molar-refractivity contribution in [2.75, 3.05) is 0 Å². The highest BCUT2D eigenvalue weighted by molar-refractivity contribution is 5.95. The van der Waals surface area contributed by atoms with Crippen molar-refractivity contribution in [3.63, 3.8) is 0 Å². The molecule has 164 valence electrons. The molecule has 4 aromatic rings. The number of fused-ring (bicyclic) bond motifs is 1. The van der Waals surface area contributed by atoms with Gasteiger partial charge in [0, 0.05) is 42.3 Å². The lowest BCUT2D eigenvalue weighted by Crippen LogP contribution is -2.37. The predicted octanol–water partition coefficient (Wildman–Crippen LogP) is 2.59. The van der Waals surface area contributed by atoms with Crippen LogP contribution >= 0.6 is 0 Å². The second kappa shape index (κ2) is 8.30. The molecular weight excluding hydrogens is 406 g/mol. The van der Waals surface area contributed by atoms with E-state index in [2.05, 4.69) is 20.3 Å². The van der Waals surface area contributed by atoms with E-state index in [1.807, 2.05) is 37.4 Å². The summed E-state index contributed by atoms with van der Waals surface area (Å²) in [5, 5.41) is 3.98. The van der Waals surface area contributed by atoms with Crippen LogP contribution in [-0.2, 0) is 13.5 Å². The number of rotatable bonds is 5. The summed E-state index contributed by atoms with van der Waals surface area (Å²) < 4.78 is 1.45. The SMILES string of the molecule is Cc1nc(C(Cc2c[nH]c3ccccc23)NC(=O)c2c(C)cc(C)n(C)c2=O)cc(=O)[nH]1. The normalized spacial score (nSPS) is 12.1. The Morgan fingerprint density at radius 3 is 2.66 bits per heavy atom. The van der Waals surface area contributed by atoms with E-state index < -0.39 is 11.9 Å². The summed E-state index contributed by atoms with van der Waals surface area (Å²) in [6.07, 6.45) is 2.29. The van der Waals surface area contributed by atoms with E-state index in [9.17, 15) is 14.4 Å². The van der Waals surface area contributed by atoms with Gasteiger partial charge < -0.3 is 19.9 Å². The topological polar surface area (TPSA) is 113 Å². The van der Waals surface area contributed by atoms with Crippen LogP contribution < -0.4 is 16.4 Å². The Morgan fingerprint density at radius 2 is 1.91 bits per heavy atom. The summed E-state index contributed by atoms with van der Waals surface area (Å²) in [5.41, 5.74) is 3.18. The van der Waals surface area contributed by atoms with Gasteiger partial charge in [0.2, 0.25) is 0 Å². The highest BCUT2D eigenvalue weighted by Gasteiger charge is 2.23. The largest absolute Gasteiger partial charge is 0.361 e. The highest BCUT2D eigenvalue weighted by atomic mass is 16.2. The Labute approximate surface area is 184 Å². The number of carbonyl (C=O) groups is 1. The molecule has 8 heteroatoms. The van der Waals surface area contributed by atoms with Gasteiger partial charge in [-0.25, -0.2) is 4.98 Å². The van der Waals surface area contributed by atoms with Crippen molar-refractivity contribution in [2.24, 2.45) is 7.05 Å². The molecule has 1 aromatic carbocycles. The summed E-state index contributed by atoms with van der Waals surface area (Å²) in [6, 6.07) is 10.4. The number of pyridine rings is 1. The van der Waals surface area contributed by atoms with Crippen molar-refractivity contribution in [1.29, 1.82) is 0 Å². The summed E-state index contributed by atoms with van der Waals surface area (Å²) in [4.78, 5) is 48.5. The van der Waals surface area contributed by atoms with Gasteiger partial charge in [-0.1, -0.05) is 18.2 Å². The number of nitrogens with one attached hydrogen (secondary N) is 3. The maximum absolute atomic E-state index is 13.2. The minimum atomic E-state index is -0.604. The summed E-state index contributed by atoms with van der Waals surface area (Å²) in [6.45, 7) is 5.25. The quantitative estimate of drug-likeness (QED) is 0.451. The zero-order valence-electron chi connectivity index (χ0n) is 18.4. The van der Waals surface area contributed by atoms with Crippen molar-refractivity contribution >= 4 is 16.8 Å². The van der Waals surface area contributed by atoms with E-state index in [0.717, 1.165) is 22.2 Å². The number of amides is 1. The van der Waals surface area contributed by atoms with Gasteiger partial charge in [0.05, 0.1) is 11.7 Å². The molecule has 32 heavy (non-hydrogen) atoms. The van der Waals surface area contributed by atoms with Gasteiger partial charge in [-0.15, -0.1) is 0 Å². The molecule has 3 aromatic heterocycles. The Hall–Kier alpha value is -3.94. The van der Waals surface area contributed by atoms with Gasteiger partial charge >= 0.3 is 0 Å². The number of aromatic amines is 2. The molecular formula is C24H25N5O3. The zero-order chi connectivity index (χ0) is 23.0. The second-order valence-electron chi connectivity index (χ2n) is 8.05. The Kier molecular flexibility index (Phi) is 5.52. The van der Waals surface area contributed by atoms with E-state index in [4.69, 9.17) is 0 Å². The molecule has 4 rings (SSSR count). The molecule has 0 radical (unpaired) electrons. The number of H-pyrrole nitrogens is 2. The summed E-state index contributed by atoms with van der Waals surface area (Å²) in [7, 11) is 1.64. The van der Waals surface area contributed by atoms with Crippen LogP contribution in [0.4, 0.5) is 0 Å². The number of benzene rings is 1. The monoisotopic (exact) mass is 431 g/mol. The number of aryl methyl sites for hydroxylation is 3. The van der Waals surface area contributed by atoms with E-state index in [1.165, 1.54) is 10.6 Å². The lowest BCUT2D eigenvalue weighted by atomic mass is 10.0. The predicted molar refractivity (Wildman–Crippen MR) is 123 cm³/mol. The summed E-state index contributed by atoms with van der Waals surface area (Å²) >= 11 is 0. The van der Waals surface area contributed by atoms with Crippen molar-refractivity contribution in [1.82, 2.24) is 24.8 Å². The lowest BCUT2D eigenvalue weighted by molar-refractivity contribution is 0.0933. The van der Waals surface area contributed by atoms with Gasteiger partial charge in [0.1, 0.15) is 11.4 Å². The number of nitrogens with zero attached hydrogens (tertiary/aromatic N) is 2. The third-order valence-electron chi connectivity index (χ3n) is 5.74. The molecule has 0 fully saturated rings. The van der Waals surface area contributed by atoms with Gasteiger partial charge in [-0.05, 0) is 44.0 Å². The molecule has 0 saturated heterocycles. The first-order chi connectivity index (χ1) is 15.2. The molecule has 0 bridgehead atoms. The zero-order valence-corrected chi connectivity index (χ0v) is 18.4. The average molecular weight is 431 g/mol. The van der Waals surface area contributed by atoms with Crippen molar-refractivity contribution in [3.05, 3.63) is 97.2 Å². The molecule has 8 nitrogen and oxygen atoms in total. The minimum Gasteiger partial charge on any atom is -0.361 e. The fraction of sp³-hybridized carbons (Fsp3) is 0.250. The average Bonchev–Trinajstić information content (AvgIpc) is 3.14. The maximum atomic E-state index is 13.2. The number of para-hydroxylation sites is 1. The van der Waals surface area contributed by atoms with Crippen LogP contribution in [0.15, 0.2) is 52.2 Å². The second-order valence-corrected chi connectivity index (χ2v) is 8.05. The third-order valence-corrected chi connectivity index (χ3v) is 5.74. The number of hydrogen-bond acceptors (Lipinski definition) is 4. The molecule has 1 unspecified atom stereocenters. The first kappa shape index (κ1) is 21.3. The first-order valence-corrected chi connectivity index (χ1v) is 10.4. The van der Waals surface area contributed by atoms with Crippen LogP contribution in [-0.4, -0.2) is 25.4 Å². The highest BCUT2D eigenvalue weighted by Crippen LogP contribution is 2.24. The molecule has 0 aliphatic heterocycles. The number of carbonyl (C=O) groups excluding carboxylic acids is 1. The van der Waals surface area contributed by atoms with Crippen molar-refractivity contribution in [2.45, 2.75) is 33.2 Å². The van der Waals surface area contributed by atoms with Gasteiger partial charge in [0.25, 0.3) is 17.0 Å². The van der Waals surface area contributed by atoms with Crippen molar-refractivity contribution < 1.29 is 4.79 Å². The van der Waals surface area contributed by atoms with Gasteiger partial charge in [-0.2, -0.15) is 0 Å². The van der Waals surface area contributed by atoms with Crippen LogP contribution in [0, 0.1) is 20.8 Å². The van der Waals surface area contributed by atoms with Crippen LogP contribution in [0.2, 0.25) is 0 Å². The van der Waals surface area contributed by atoms with Crippen LogP contribution in [0.1, 0.15) is 44.7 Å². The molecule has 0 spiro atoms. The third kappa shape index (κ3) is 3.99. The molecule has 0 aliphatic carbocycles. The molecule has 0 aliphatic rings. The molecule has 3 heterocycles. The number of aromatic nitrogens is 4. The lowest BCUT2D eigenvalue weighted by Gasteiger charge is -2.19. The molecule has 1 atom stereocenters. The van der Waals surface area contributed by atoms with E-state index >= 15 is 0 Å². The Morgan fingerprint density at radius 1 is 1.16 bits per heavy atom. The van der Waals surface area contributed by atoms with Crippen LogP contribution in [0.25, 0.3) is 10.9 Å². The first-order valence-electron chi connectivity index (χ1n) is 10.4. The Balaban J connectivity index is 1.76.